The van der Waals surface area contributed by atoms with E-state index in [0.717, 1.165) is 29.8 Å². The summed E-state index contributed by atoms with van der Waals surface area (Å²) in [5.74, 6) is 0.862. The Labute approximate surface area is 118 Å². The number of benzene rings is 2. The number of methoxy groups -OCH3 is 1. The summed E-state index contributed by atoms with van der Waals surface area (Å²) in [7, 11) is 1.63. The summed E-state index contributed by atoms with van der Waals surface area (Å²) in [6, 6.07) is 17.4. The molecule has 2 aromatic rings. The lowest BCUT2D eigenvalue weighted by molar-refractivity contribution is -0.118. The molecule has 1 fully saturated rings. The van der Waals surface area contributed by atoms with Crippen LogP contribution >= 0.6 is 0 Å². The Kier molecular flexibility index (Phi) is 3.18. The number of ether oxygens (including phenoxy) is 1. The average Bonchev–Trinajstić information content (AvgIpc) is 3.31. The van der Waals surface area contributed by atoms with Gasteiger partial charge < -0.3 is 10.1 Å². The quantitative estimate of drug-likeness (QED) is 0.922. The van der Waals surface area contributed by atoms with E-state index in [4.69, 9.17) is 4.74 Å². The van der Waals surface area contributed by atoms with Gasteiger partial charge in [-0.15, -0.1) is 0 Å². The Morgan fingerprint density at radius 3 is 2.25 bits per heavy atom. The van der Waals surface area contributed by atoms with Gasteiger partial charge in [-0.3, -0.25) is 4.79 Å². The topological polar surface area (TPSA) is 38.3 Å². The molecule has 102 valence electrons. The molecule has 0 aliphatic heterocycles. The van der Waals surface area contributed by atoms with Gasteiger partial charge in [0.25, 0.3) is 0 Å². The lowest BCUT2D eigenvalue weighted by Crippen LogP contribution is -2.27. The van der Waals surface area contributed by atoms with Crippen molar-refractivity contribution in [2.45, 2.75) is 18.3 Å². The van der Waals surface area contributed by atoms with Crippen molar-refractivity contribution in [3.05, 3.63) is 60.2 Å². The van der Waals surface area contributed by atoms with Gasteiger partial charge in [0.2, 0.25) is 5.91 Å². The van der Waals surface area contributed by atoms with Crippen LogP contribution in [-0.4, -0.2) is 13.0 Å². The van der Waals surface area contributed by atoms with E-state index in [1.54, 1.807) is 7.11 Å². The molecule has 1 N–H and O–H groups in total. The number of carbonyl (C=O) groups excluding carboxylic acids is 1. The van der Waals surface area contributed by atoms with Crippen molar-refractivity contribution >= 4 is 11.6 Å². The second kappa shape index (κ2) is 5.00. The summed E-state index contributed by atoms with van der Waals surface area (Å²) in [6.45, 7) is 0. The predicted molar refractivity (Wildman–Crippen MR) is 79.0 cm³/mol. The molecule has 0 saturated heterocycles. The third-order valence-electron chi connectivity index (χ3n) is 3.86. The molecule has 0 aromatic heterocycles. The van der Waals surface area contributed by atoms with Crippen LogP contribution in [0.4, 0.5) is 5.69 Å². The first kappa shape index (κ1) is 12.7. The maximum Gasteiger partial charge on any atom is 0.235 e. The van der Waals surface area contributed by atoms with Crippen molar-refractivity contribution in [3.63, 3.8) is 0 Å². The van der Waals surface area contributed by atoms with Crippen molar-refractivity contribution < 1.29 is 9.53 Å². The van der Waals surface area contributed by atoms with Crippen molar-refractivity contribution in [1.82, 2.24) is 0 Å². The van der Waals surface area contributed by atoms with Crippen LogP contribution in [0.1, 0.15) is 18.4 Å². The minimum Gasteiger partial charge on any atom is -0.497 e. The van der Waals surface area contributed by atoms with E-state index in [0.29, 0.717) is 0 Å². The number of hydrogen-bond acceptors (Lipinski definition) is 2. The van der Waals surface area contributed by atoms with Crippen molar-refractivity contribution in [3.8, 4) is 5.75 Å². The fourth-order valence-electron chi connectivity index (χ4n) is 2.45. The second-order valence-corrected chi connectivity index (χ2v) is 5.13. The molecule has 1 aliphatic carbocycles. The van der Waals surface area contributed by atoms with E-state index in [1.807, 2.05) is 54.6 Å². The molecule has 1 saturated carbocycles. The fourth-order valence-corrected chi connectivity index (χ4v) is 2.45. The number of nitrogens with one attached hydrogen (secondary N) is 1. The normalized spacial score (nSPS) is 15.4. The van der Waals surface area contributed by atoms with E-state index in [1.165, 1.54) is 0 Å². The minimum atomic E-state index is -0.332. The van der Waals surface area contributed by atoms with Crippen LogP contribution in [0.3, 0.4) is 0 Å². The highest BCUT2D eigenvalue weighted by molar-refractivity contribution is 6.01. The third kappa shape index (κ3) is 2.27. The van der Waals surface area contributed by atoms with E-state index < -0.39 is 0 Å². The minimum absolute atomic E-state index is 0.0777. The number of rotatable bonds is 4. The smallest absolute Gasteiger partial charge is 0.235 e. The highest BCUT2D eigenvalue weighted by atomic mass is 16.5. The zero-order chi connectivity index (χ0) is 14.0. The molecule has 2 aromatic carbocycles. The maximum atomic E-state index is 12.5. The molecule has 3 rings (SSSR count). The van der Waals surface area contributed by atoms with Gasteiger partial charge in [-0.05, 0) is 42.7 Å². The average molecular weight is 267 g/mol. The van der Waals surface area contributed by atoms with E-state index >= 15 is 0 Å². The summed E-state index contributed by atoms with van der Waals surface area (Å²) in [4.78, 5) is 12.5. The Balaban J connectivity index is 1.76. The van der Waals surface area contributed by atoms with Crippen LogP contribution in [0.25, 0.3) is 0 Å². The van der Waals surface area contributed by atoms with E-state index in [-0.39, 0.29) is 11.3 Å². The van der Waals surface area contributed by atoms with Gasteiger partial charge in [-0.2, -0.15) is 0 Å². The van der Waals surface area contributed by atoms with Crippen molar-refractivity contribution in [2.24, 2.45) is 0 Å². The first-order chi connectivity index (χ1) is 9.74. The molecular formula is C17H17NO2. The zero-order valence-electron chi connectivity index (χ0n) is 11.4. The van der Waals surface area contributed by atoms with Crippen LogP contribution < -0.4 is 10.1 Å². The molecule has 0 heterocycles. The van der Waals surface area contributed by atoms with Gasteiger partial charge in [0.1, 0.15) is 5.75 Å². The molecule has 0 bridgehead atoms. The van der Waals surface area contributed by atoms with Crippen LogP contribution in [0.5, 0.6) is 5.75 Å². The Morgan fingerprint density at radius 1 is 1.05 bits per heavy atom. The number of hydrogen-bond donors (Lipinski definition) is 1. The molecule has 1 amide bonds. The van der Waals surface area contributed by atoms with Gasteiger partial charge in [-0.1, -0.05) is 30.3 Å². The third-order valence-corrected chi connectivity index (χ3v) is 3.86. The summed E-state index contributed by atoms with van der Waals surface area (Å²) < 4.78 is 5.11. The zero-order valence-corrected chi connectivity index (χ0v) is 11.4. The van der Waals surface area contributed by atoms with Crippen LogP contribution in [-0.2, 0) is 10.2 Å². The monoisotopic (exact) mass is 267 g/mol. The molecule has 0 atom stereocenters. The Hall–Kier alpha value is -2.29. The molecule has 3 nitrogen and oxygen atoms in total. The second-order valence-electron chi connectivity index (χ2n) is 5.13. The van der Waals surface area contributed by atoms with Crippen molar-refractivity contribution in [2.75, 3.05) is 12.4 Å². The summed E-state index contributed by atoms with van der Waals surface area (Å²) >= 11 is 0. The van der Waals surface area contributed by atoms with Gasteiger partial charge in [0.15, 0.2) is 0 Å². The fraction of sp³-hybridized carbons (Fsp3) is 0.235. The summed E-state index contributed by atoms with van der Waals surface area (Å²) in [5, 5.41) is 3.00. The van der Waals surface area contributed by atoms with Crippen molar-refractivity contribution in [1.29, 1.82) is 0 Å². The molecule has 0 spiro atoms. The highest BCUT2D eigenvalue weighted by Crippen LogP contribution is 2.48. The summed E-state index contributed by atoms with van der Waals surface area (Å²) in [6.07, 6.45) is 1.83. The largest absolute Gasteiger partial charge is 0.497 e. The van der Waals surface area contributed by atoms with Gasteiger partial charge in [0.05, 0.1) is 12.5 Å². The van der Waals surface area contributed by atoms with E-state index in [2.05, 4.69) is 5.32 Å². The maximum absolute atomic E-state index is 12.5. The highest BCUT2D eigenvalue weighted by Gasteiger charge is 2.51. The molecule has 0 radical (unpaired) electrons. The molecule has 20 heavy (non-hydrogen) atoms. The Bertz CT molecular complexity index is 601. The van der Waals surface area contributed by atoms with Crippen LogP contribution in [0, 0.1) is 0 Å². The molecule has 0 unspecified atom stereocenters. The molecule has 3 heteroatoms. The number of amides is 1. The Morgan fingerprint density at radius 2 is 1.70 bits per heavy atom. The van der Waals surface area contributed by atoms with E-state index in [9.17, 15) is 4.79 Å². The molecule has 1 aliphatic rings. The standard InChI is InChI=1S/C17H17NO2/c1-20-15-9-7-14(8-10-15)18-16(19)17(11-12-17)13-5-3-2-4-6-13/h2-10H,11-12H2,1H3,(H,18,19). The lowest BCUT2D eigenvalue weighted by Gasteiger charge is -2.15. The first-order valence-corrected chi connectivity index (χ1v) is 6.76. The number of anilines is 1. The van der Waals surface area contributed by atoms with Gasteiger partial charge >= 0.3 is 0 Å². The van der Waals surface area contributed by atoms with Crippen LogP contribution in [0.15, 0.2) is 54.6 Å². The molecular weight excluding hydrogens is 250 g/mol. The SMILES string of the molecule is COc1ccc(NC(=O)C2(c3ccccc3)CC2)cc1. The van der Waals surface area contributed by atoms with Crippen LogP contribution in [0.2, 0.25) is 0 Å². The van der Waals surface area contributed by atoms with Gasteiger partial charge in [0, 0.05) is 5.69 Å². The lowest BCUT2D eigenvalue weighted by atomic mass is 9.95. The summed E-state index contributed by atoms with van der Waals surface area (Å²) in [5.41, 5.74) is 1.57. The number of carbonyl (C=O) groups is 1. The predicted octanol–water partition coefficient (Wildman–Crippen LogP) is 3.37. The van der Waals surface area contributed by atoms with Gasteiger partial charge in [-0.25, -0.2) is 0 Å². The first-order valence-electron chi connectivity index (χ1n) is 6.76.